The van der Waals surface area contributed by atoms with Crippen LogP contribution in [0.25, 0.3) is 0 Å². The van der Waals surface area contributed by atoms with Crippen molar-refractivity contribution in [3.63, 3.8) is 0 Å². The molecule has 0 amide bonds. The first-order valence-corrected chi connectivity index (χ1v) is 6.88. The van der Waals surface area contributed by atoms with Crippen molar-refractivity contribution in [3.8, 4) is 5.75 Å². The highest BCUT2D eigenvalue weighted by atomic mass is 79.9. The standard InChI is InChI=1S/C13H16BrNO2/c14-9-1-2-13-11(7-9)12(4-6-17-13)15-10-3-5-16-8-10/h1-2,7,10,12,15H,3-6,8H2. The quantitative estimate of drug-likeness (QED) is 0.910. The summed E-state index contributed by atoms with van der Waals surface area (Å²) < 4.78 is 12.2. The van der Waals surface area contributed by atoms with Gasteiger partial charge < -0.3 is 14.8 Å². The minimum absolute atomic E-state index is 0.392. The van der Waals surface area contributed by atoms with E-state index in [1.165, 1.54) is 5.56 Å². The molecule has 4 heteroatoms. The van der Waals surface area contributed by atoms with Gasteiger partial charge in [0.05, 0.1) is 13.2 Å². The van der Waals surface area contributed by atoms with Crippen LogP contribution in [0.3, 0.4) is 0 Å². The number of halogens is 1. The maximum Gasteiger partial charge on any atom is 0.124 e. The van der Waals surface area contributed by atoms with E-state index in [1.807, 2.05) is 12.1 Å². The van der Waals surface area contributed by atoms with Crippen LogP contribution in [0.4, 0.5) is 0 Å². The van der Waals surface area contributed by atoms with Crippen LogP contribution in [0.1, 0.15) is 24.4 Å². The Labute approximate surface area is 110 Å². The van der Waals surface area contributed by atoms with E-state index in [0.717, 1.165) is 42.9 Å². The van der Waals surface area contributed by atoms with E-state index < -0.39 is 0 Å². The van der Waals surface area contributed by atoms with Crippen molar-refractivity contribution in [2.24, 2.45) is 0 Å². The van der Waals surface area contributed by atoms with Gasteiger partial charge in [-0.3, -0.25) is 0 Å². The highest BCUT2D eigenvalue weighted by Crippen LogP contribution is 2.34. The molecular formula is C13H16BrNO2. The number of hydrogen-bond acceptors (Lipinski definition) is 3. The van der Waals surface area contributed by atoms with Crippen LogP contribution < -0.4 is 10.1 Å². The van der Waals surface area contributed by atoms with Gasteiger partial charge in [0.15, 0.2) is 0 Å². The van der Waals surface area contributed by atoms with Gasteiger partial charge >= 0.3 is 0 Å². The molecule has 2 aliphatic rings. The van der Waals surface area contributed by atoms with Crippen LogP contribution >= 0.6 is 15.9 Å². The monoisotopic (exact) mass is 297 g/mol. The molecule has 2 unspecified atom stereocenters. The van der Waals surface area contributed by atoms with E-state index in [4.69, 9.17) is 9.47 Å². The minimum Gasteiger partial charge on any atom is -0.493 e. The molecule has 3 nitrogen and oxygen atoms in total. The molecule has 1 fully saturated rings. The van der Waals surface area contributed by atoms with E-state index in [2.05, 4.69) is 27.3 Å². The van der Waals surface area contributed by atoms with Crippen LogP contribution in [-0.4, -0.2) is 25.9 Å². The molecule has 0 aliphatic carbocycles. The zero-order chi connectivity index (χ0) is 11.7. The van der Waals surface area contributed by atoms with Crippen molar-refractivity contribution < 1.29 is 9.47 Å². The highest BCUT2D eigenvalue weighted by Gasteiger charge is 2.25. The van der Waals surface area contributed by atoms with Crippen molar-refractivity contribution in [2.45, 2.75) is 24.9 Å². The third-order valence-electron chi connectivity index (χ3n) is 3.38. The molecule has 2 aliphatic heterocycles. The van der Waals surface area contributed by atoms with Crippen molar-refractivity contribution in [1.82, 2.24) is 5.32 Å². The zero-order valence-electron chi connectivity index (χ0n) is 9.62. The van der Waals surface area contributed by atoms with Crippen LogP contribution in [-0.2, 0) is 4.74 Å². The smallest absolute Gasteiger partial charge is 0.124 e. The van der Waals surface area contributed by atoms with Crippen molar-refractivity contribution >= 4 is 15.9 Å². The molecule has 17 heavy (non-hydrogen) atoms. The number of ether oxygens (including phenoxy) is 2. The summed E-state index contributed by atoms with van der Waals surface area (Å²) in [5.41, 5.74) is 1.26. The number of benzene rings is 1. The molecule has 0 spiro atoms. The van der Waals surface area contributed by atoms with Gasteiger partial charge in [-0.05, 0) is 24.6 Å². The molecule has 2 atom stereocenters. The maximum atomic E-state index is 5.68. The third kappa shape index (κ3) is 2.49. The lowest BCUT2D eigenvalue weighted by atomic mass is 9.99. The molecule has 1 N–H and O–H groups in total. The molecule has 2 heterocycles. The lowest BCUT2D eigenvalue weighted by Crippen LogP contribution is -2.35. The summed E-state index contributed by atoms with van der Waals surface area (Å²) in [4.78, 5) is 0. The van der Waals surface area contributed by atoms with Gasteiger partial charge in [-0.1, -0.05) is 15.9 Å². The zero-order valence-corrected chi connectivity index (χ0v) is 11.2. The first-order valence-electron chi connectivity index (χ1n) is 6.09. The second-order valence-electron chi connectivity index (χ2n) is 4.60. The lowest BCUT2D eigenvalue weighted by molar-refractivity contribution is 0.183. The largest absolute Gasteiger partial charge is 0.493 e. The van der Waals surface area contributed by atoms with Gasteiger partial charge in [-0.2, -0.15) is 0 Å². The van der Waals surface area contributed by atoms with Gasteiger partial charge in [0, 0.05) is 35.1 Å². The van der Waals surface area contributed by atoms with Gasteiger partial charge in [-0.25, -0.2) is 0 Å². The Morgan fingerprint density at radius 3 is 3.00 bits per heavy atom. The van der Waals surface area contributed by atoms with Gasteiger partial charge in [0.1, 0.15) is 5.75 Å². The number of nitrogens with one attached hydrogen (secondary N) is 1. The van der Waals surface area contributed by atoms with Crippen LogP contribution in [0.5, 0.6) is 5.75 Å². The Bertz CT molecular complexity index is 404. The first kappa shape index (κ1) is 11.5. The molecule has 0 saturated carbocycles. The Morgan fingerprint density at radius 1 is 1.24 bits per heavy atom. The molecule has 1 aromatic rings. The third-order valence-corrected chi connectivity index (χ3v) is 3.87. The number of hydrogen-bond donors (Lipinski definition) is 1. The topological polar surface area (TPSA) is 30.5 Å². The predicted octanol–water partition coefficient (Wildman–Crippen LogP) is 2.65. The molecular weight excluding hydrogens is 282 g/mol. The SMILES string of the molecule is Brc1ccc2c(c1)C(NC1CCOC1)CCO2. The van der Waals surface area contributed by atoms with Gasteiger partial charge in [0.25, 0.3) is 0 Å². The Hall–Kier alpha value is -0.580. The van der Waals surface area contributed by atoms with Gasteiger partial charge in [0.2, 0.25) is 0 Å². The van der Waals surface area contributed by atoms with E-state index >= 15 is 0 Å². The summed E-state index contributed by atoms with van der Waals surface area (Å²) in [6.45, 7) is 2.51. The summed E-state index contributed by atoms with van der Waals surface area (Å²) >= 11 is 3.52. The van der Waals surface area contributed by atoms with Crippen LogP contribution in [0.2, 0.25) is 0 Å². The van der Waals surface area contributed by atoms with E-state index in [1.54, 1.807) is 0 Å². The van der Waals surface area contributed by atoms with Crippen LogP contribution in [0, 0.1) is 0 Å². The molecule has 0 aromatic heterocycles. The molecule has 92 valence electrons. The van der Waals surface area contributed by atoms with Crippen molar-refractivity contribution in [2.75, 3.05) is 19.8 Å². The molecule has 0 bridgehead atoms. The number of fused-ring (bicyclic) bond motifs is 1. The highest BCUT2D eigenvalue weighted by molar-refractivity contribution is 9.10. The summed E-state index contributed by atoms with van der Waals surface area (Å²) in [6, 6.07) is 7.10. The molecule has 3 rings (SSSR count). The minimum atomic E-state index is 0.392. The fraction of sp³-hybridized carbons (Fsp3) is 0.538. The first-order chi connectivity index (χ1) is 8.33. The Morgan fingerprint density at radius 2 is 2.18 bits per heavy atom. The predicted molar refractivity (Wildman–Crippen MR) is 69.4 cm³/mol. The summed E-state index contributed by atoms with van der Waals surface area (Å²) in [6.07, 6.45) is 2.14. The average Bonchev–Trinajstić information content (AvgIpc) is 2.83. The fourth-order valence-corrected chi connectivity index (χ4v) is 2.87. The number of rotatable bonds is 2. The summed E-state index contributed by atoms with van der Waals surface area (Å²) in [5, 5.41) is 3.68. The second kappa shape index (κ2) is 4.96. The summed E-state index contributed by atoms with van der Waals surface area (Å²) in [5.74, 6) is 1.01. The molecule has 0 radical (unpaired) electrons. The normalized spacial score (nSPS) is 27.6. The summed E-state index contributed by atoms with van der Waals surface area (Å²) in [7, 11) is 0. The van der Waals surface area contributed by atoms with E-state index in [9.17, 15) is 0 Å². The van der Waals surface area contributed by atoms with E-state index in [0.29, 0.717) is 12.1 Å². The average molecular weight is 298 g/mol. The lowest BCUT2D eigenvalue weighted by Gasteiger charge is -2.29. The Kier molecular flexibility index (Phi) is 3.36. The van der Waals surface area contributed by atoms with E-state index in [-0.39, 0.29) is 0 Å². The maximum absolute atomic E-state index is 5.68. The molecule has 1 saturated heterocycles. The molecule has 1 aromatic carbocycles. The Balaban J connectivity index is 1.80. The van der Waals surface area contributed by atoms with Crippen molar-refractivity contribution in [3.05, 3.63) is 28.2 Å². The second-order valence-corrected chi connectivity index (χ2v) is 5.51. The fourth-order valence-electron chi connectivity index (χ4n) is 2.49. The van der Waals surface area contributed by atoms with Crippen LogP contribution in [0.15, 0.2) is 22.7 Å². The van der Waals surface area contributed by atoms with Gasteiger partial charge in [-0.15, -0.1) is 0 Å². The van der Waals surface area contributed by atoms with Crippen molar-refractivity contribution in [1.29, 1.82) is 0 Å².